The van der Waals surface area contributed by atoms with Crippen molar-refractivity contribution in [1.29, 1.82) is 0 Å². The van der Waals surface area contributed by atoms with Crippen molar-refractivity contribution < 1.29 is 13.6 Å². The first kappa shape index (κ1) is 13.4. The van der Waals surface area contributed by atoms with Gasteiger partial charge in [0.15, 0.2) is 17.4 Å². The van der Waals surface area contributed by atoms with Gasteiger partial charge in [-0.2, -0.15) is 0 Å². The summed E-state index contributed by atoms with van der Waals surface area (Å²) in [5.41, 5.74) is 4.79. The number of hydrogen-bond donors (Lipinski definition) is 1. The molecule has 0 aliphatic carbocycles. The molecule has 0 heterocycles. The molecule has 0 aromatic heterocycles. The minimum atomic E-state index is -1.41. The maximum Gasteiger partial charge on any atom is 0.189 e. The normalized spacial score (nSPS) is 13.9. The molecule has 2 aromatic rings. The molecule has 2 rings (SSSR count). The Labute approximate surface area is 109 Å². The summed E-state index contributed by atoms with van der Waals surface area (Å²) < 4.78 is 26.8. The van der Waals surface area contributed by atoms with Crippen LogP contribution in [-0.4, -0.2) is 5.78 Å². The molecule has 98 valence electrons. The molecular formula is C15H13F2NO. The molecule has 2 aromatic carbocycles. The summed E-state index contributed by atoms with van der Waals surface area (Å²) in [6.45, 7) is 1.48. The van der Waals surface area contributed by atoms with E-state index in [4.69, 9.17) is 5.73 Å². The van der Waals surface area contributed by atoms with Crippen LogP contribution in [0.2, 0.25) is 0 Å². The van der Waals surface area contributed by atoms with Crippen LogP contribution in [0.3, 0.4) is 0 Å². The van der Waals surface area contributed by atoms with Crippen molar-refractivity contribution in [2.75, 3.05) is 0 Å². The first-order chi connectivity index (χ1) is 8.94. The number of benzene rings is 2. The van der Waals surface area contributed by atoms with Crippen molar-refractivity contribution in [3.05, 3.63) is 71.3 Å². The molecule has 0 aliphatic heterocycles. The van der Waals surface area contributed by atoms with Gasteiger partial charge in [-0.05, 0) is 24.6 Å². The molecule has 0 amide bonds. The Morgan fingerprint density at radius 3 is 2.32 bits per heavy atom. The van der Waals surface area contributed by atoms with Crippen molar-refractivity contribution >= 4 is 5.78 Å². The van der Waals surface area contributed by atoms with Gasteiger partial charge in [-0.15, -0.1) is 0 Å². The summed E-state index contributed by atoms with van der Waals surface area (Å²) in [7, 11) is 0. The lowest BCUT2D eigenvalue weighted by atomic mass is 9.85. The summed E-state index contributed by atoms with van der Waals surface area (Å²) in [4.78, 5) is 12.3. The molecular weight excluding hydrogens is 248 g/mol. The van der Waals surface area contributed by atoms with Gasteiger partial charge in [0.1, 0.15) is 5.54 Å². The maximum absolute atomic E-state index is 13.6. The van der Waals surface area contributed by atoms with Crippen LogP contribution >= 0.6 is 0 Å². The van der Waals surface area contributed by atoms with E-state index in [9.17, 15) is 13.6 Å². The van der Waals surface area contributed by atoms with Gasteiger partial charge in [-0.1, -0.05) is 36.4 Å². The third kappa shape index (κ3) is 2.39. The SMILES string of the molecule is CC(N)(C(=O)c1cccc(F)c1F)c1ccccc1. The Hall–Kier alpha value is -2.07. The van der Waals surface area contributed by atoms with Crippen LogP contribution in [0, 0.1) is 11.6 Å². The molecule has 2 nitrogen and oxygen atoms in total. The molecule has 0 radical (unpaired) electrons. The number of carbonyl (C=O) groups is 1. The van der Waals surface area contributed by atoms with Gasteiger partial charge in [0.2, 0.25) is 0 Å². The topological polar surface area (TPSA) is 43.1 Å². The predicted octanol–water partition coefficient (Wildman–Crippen LogP) is 3.02. The average Bonchev–Trinajstić information content (AvgIpc) is 2.42. The van der Waals surface area contributed by atoms with Gasteiger partial charge in [0.25, 0.3) is 0 Å². The zero-order valence-corrected chi connectivity index (χ0v) is 10.4. The molecule has 0 aliphatic rings. The van der Waals surface area contributed by atoms with Gasteiger partial charge < -0.3 is 5.73 Å². The highest BCUT2D eigenvalue weighted by Gasteiger charge is 2.33. The highest BCUT2D eigenvalue weighted by molar-refractivity contribution is 6.03. The Kier molecular flexibility index (Phi) is 3.44. The Morgan fingerprint density at radius 2 is 1.68 bits per heavy atom. The van der Waals surface area contributed by atoms with Crippen molar-refractivity contribution in [2.24, 2.45) is 5.73 Å². The van der Waals surface area contributed by atoms with Gasteiger partial charge in [0, 0.05) is 0 Å². The monoisotopic (exact) mass is 261 g/mol. The third-order valence-electron chi connectivity index (χ3n) is 3.04. The van der Waals surface area contributed by atoms with Crippen LogP contribution in [-0.2, 0) is 5.54 Å². The molecule has 1 atom stereocenters. The number of Topliss-reactive ketones (excluding diaryl/α,β-unsaturated/α-hetero) is 1. The van der Waals surface area contributed by atoms with E-state index in [1.54, 1.807) is 30.3 Å². The number of nitrogens with two attached hydrogens (primary N) is 1. The first-order valence-corrected chi connectivity index (χ1v) is 5.78. The van der Waals surface area contributed by atoms with Crippen molar-refractivity contribution in [1.82, 2.24) is 0 Å². The highest BCUT2D eigenvalue weighted by atomic mass is 19.2. The summed E-state index contributed by atoms with van der Waals surface area (Å²) in [5, 5.41) is 0. The maximum atomic E-state index is 13.6. The zero-order valence-electron chi connectivity index (χ0n) is 10.4. The molecule has 19 heavy (non-hydrogen) atoms. The van der Waals surface area contributed by atoms with Crippen LogP contribution in [0.5, 0.6) is 0 Å². The van der Waals surface area contributed by atoms with Crippen LogP contribution in [0.15, 0.2) is 48.5 Å². The number of ketones is 1. The minimum Gasteiger partial charge on any atom is -0.315 e. The molecule has 0 saturated carbocycles. The fourth-order valence-electron chi connectivity index (χ4n) is 1.87. The molecule has 2 N–H and O–H groups in total. The Morgan fingerprint density at radius 1 is 1.05 bits per heavy atom. The quantitative estimate of drug-likeness (QED) is 0.863. The van der Waals surface area contributed by atoms with E-state index in [1.165, 1.54) is 19.1 Å². The van der Waals surface area contributed by atoms with Crippen LogP contribution in [0.25, 0.3) is 0 Å². The fraction of sp³-hybridized carbons (Fsp3) is 0.133. The highest BCUT2D eigenvalue weighted by Crippen LogP contribution is 2.24. The Bertz CT molecular complexity index is 609. The largest absolute Gasteiger partial charge is 0.315 e. The third-order valence-corrected chi connectivity index (χ3v) is 3.04. The smallest absolute Gasteiger partial charge is 0.189 e. The van der Waals surface area contributed by atoms with E-state index in [2.05, 4.69) is 0 Å². The van der Waals surface area contributed by atoms with Crippen LogP contribution in [0.4, 0.5) is 8.78 Å². The number of hydrogen-bond acceptors (Lipinski definition) is 2. The summed E-state index contributed by atoms with van der Waals surface area (Å²) >= 11 is 0. The summed E-state index contributed by atoms with van der Waals surface area (Å²) in [6, 6.07) is 12.1. The molecule has 4 heteroatoms. The second-order valence-corrected chi connectivity index (χ2v) is 4.50. The van der Waals surface area contributed by atoms with Crippen molar-refractivity contribution in [3.63, 3.8) is 0 Å². The van der Waals surface area contributed by atoms with E-state index in [0.29, 0.717) is 5.56 Å². The second-order valence-electron chi connectivity index (χ2n) is 4.50. The van der Waals surface area contributed by atoms with E-state index in [0.717, 1.165) is 6.07 Å². The minimum absolute atomic E-state index is 0.339. The van der Waals surface area contributed by atoms with Gasteiger partial charge in [0.05, 0.1) is 5.56 Å². The number of rotatable bonds is 3. The average molecular weight is 261 g/mol. The van der Waals surface area contributed by atoms with Gasteiger partial charge in [-0.25, -0.2) is 8.78 Å². The van der Waals surface area contributed by atoms with E-state index >= 15 is 0 Å². The first-order valence-electron chi connectivity index (χ1n) is 5.78. The van der Waals surface area contributed by atoms with E-state index in [1.807, 2.05) is 0 Å². The predicted molar refractivity (Wildman–Crippen MR) is 68.7 cm³/mol. The van der Waals surface area contributed by atoms with E-state index < -0.39 is 23.0 Å². The Balaban J connectivity index is 2.47. The zero-order chi connectivity index (χ0) is 14.0. The number of halogens is 2. The molecule has 0 spiro atoms. The second kappa shape index (κ2) is 4.90. The van der Waals surface area contributed by atoms with Gasteiger partial charge >= 0.3 is 0 Å². The number of carbonyl (C=O) groups excluding carboxylic acids is 1. The molecule has 0 saturated heterocycles. The molecule has 1 unspecified atom stereocenters. The van der Waals surface area contributed by atoms with Gasteiger partial charge in [-0.3, -0.25) is 4.79 Å². The standard InChI is InChI=1S/C15H13F2NO/c1-15(18,10-6-3-2-4-7-10)14(19)11-8-5-9-12(16)13(11)17/h2-9H,18H2,1H3. The molecule has 0 bridgehead atoms. The van der Waals surface area contributed by atoms with Crippen molar-refractivity contribution in [3.8, 4) is 0 Å². The molecule has 0 fully saturated rings. The fourth-order valence-corrected chi connectivity index (χ4v) is 1.87. The van der Waals surface area contributed by atoms with E-state index in [-0.39, 0.29) is 5.56 Å². The van der Waals surface area contributed by atoms with Crippen LogP contribution in [0.1, 0.15) is 22.8 Å². The lowest BCUT2D eigenvalue weighted by molar-refractivity contribution is 0.0894. The summed E-state index contributed by atoms with van der Waals surface area (Å²) in [5.74, 6) is -2.88. The lowest BCUT2D eigenvalue weighted by Gasteiger charge is -2.24. The van der Waals surface area contributed by atoms with Crippen molar-refractivity contribution in [2.45, 2.75) is 12.5 Å². The lowest BCUT2D eigenvalue weighted by Crippen LogP contribution is -2.42. The van der Waals surface area contributed by atoms with Crippen LogP contribution < -0.4 is 5.73 Å². The summed E-state index contributed by atoms with van der Waals surface area (Å²) in [6.07, 6.45) is 0.